The third kappa shape index (κ3) is 7.31. The van der Waals surface area contributed by atoms with Crippen LogP contribution in [-0.2, 0) is 35.4 Å². The van der Waals surface area contributed by atoms with Gasteiger partial charge in [-0.1, -0.05) is 6.58 Å². The lowest BCUT2D eigenvalue weighted by Gasteiger charge is -2.33. The summed E-state index contributed by atoms with van der Waals surface area (Å²) in [6.45, 7) is 1.09. The Bertz CT molecular complexity index is 1100. The minimum absolute atomic E-state index is 0.121. The van der Waals surface area contributed by atoms with Crippen LogP contribution in [0.5, 0.6) is 0 Å². The summed E-state index contributed by atoms with van der Waals surface area (Å²) in [5.41, 5.74) is -1.96. The zero-order chi connectivity index (χ0) is 29.1. The topological polar surface area (TPSA) is 119 Å². The van der Waals surface area contributed by atoms with E-state index in [0.29, 0.717) is 24.3 Å². The van der Waals surface area contributed by atoms with Gasteiger partial charge in [0.05, 0.1) is 12.2 Å². The van der Waals surface area contributed by atoms with Gasteiger partial charge in [0.2, 0.25) is 0 Å². The quantitative estimate of drug-likeness (QED) is 0.0987. The fourth-order valence-electron chi connectivity index (χ4n) is 2.39. The van der Waals surface area contributed by atoms with Gasteiger partial charge in [0.1, 0.15) is 0 Å². The molecule has 0 heterocycles. The van der Waals surface area contributed by atoms with Gasteiger partial charge < -0.3 is 14.8 Å². The van der Waals surface area contributed by atoms with E-state index in [9.17, 15) is 61.9 Å². The van der Waals surface area contributed by atoms with Gasteiger partial charge in [-0.15, -0.1) is 0 Å². The Hall–Kier alpha value is -2.93. The first-order valence-electron chi connectivity index (χ1n) is 9.29. The van der Waals surface area contributed by atoms with E-state index in [4.69, 9.17) is 4.55 Å². The largest absolute Gasteiger partial charge is 0.466 e. The van der Waals surface area contributed by atoms with Crippen molar-refractivity contribution in [2.45, 2.75) is 42.2 Å². The Labute approximate surface area is 201 Å². The van der Waals surface area contributed by atoms with E-state index in [2.05, 4.69) is 16.1 Å². The Morgan fingerprint density at radius 2 is 1.49 bits per heavy atom. The molecule has 0 aliphatic heterocycles. The molecule has 1 aromatic rings. The van der Waals surface area contributed by atoms with Crippen molar-refractivity contribution in [1.82, 2.24) is 0 Å². The Morgan fingerprint density at radius 3 is 1.89 bits per heavy atom. The van der Waals surface area contributed by atoms with Crippen LogP contribution < -0.4 is 5.32 Å². The summed E-state index contributed by atoms with van der Waals surface area (Å²) in [4.78, 5) is 23.9. The minimum Gasteiger partial charge on any atom is -0.412 e. The highest BCUT2D eigenvalue weighted by Crippen LogP contribution is 2.42. The number of carbonyl (C=O) groups is 2. The molecule has 0 fully saturated rings. The van der Waals surface area contributed by atoms with Gasteiger partial charge in [-0.2, -0.15) is 52.3 Å². The summed E-state index contributed by atoms with van der Waals surface area (Å²) >= 11 is 0. The molecule has 0 radical (unpaired) electrons. The van der Waals surface area contributed by atoms with Gasteiger partial charge in [-0.05, 0) is 30.7 Å². The van der Waals surface area contributed by atoms with Crippen LogP contribution in [0.25, 0.3) is 0 Å². The number of nitrogens with one attached hydrogen (secondary N) is 1. The van der Waals surface area contributed by atoms with Gasteiger partial charge in [-0.25, -0.2) is 4.79 Å². The number of benzene rings is 1. The number of alkyl halides is 10. The molecular weight excluding hydrogens is 564 g/mol. The van der Waals surface area contributed by atoms with Gasteiger partial charge in [0, 0.05) is 18.2 Å². The second-order valence-corrected chi connectivity index (χ2v) is 8.38. The zero-order valence-corrected chi connectivity index (χ0v) is 18.6. The highest BCUT2D eigenvalue weighted by molar-refractivity contribution is 7.87. The predicted molar refractivity (Wildman–Crippen MR) is 102 cm³/mol. The van der Waals surface area contributed by atoms with E-state index in [1.165, 1.54) is 5.32 Å². The first-order valence-corrected chi connectivity index (χ1v) is 10.7. The standard InChI is InChI=1S/C18H15F10NO7S/c1-2-12(30)36-15(17(24,25)26,13(31)29-11-6-4-10(5-7-11)16(21,22)23)35-9-3-8-14(19,20)18(27,28)37(32,33)34/h2,4-7H,1,3,8-9H2,(H,29,31)(H,32,33,34). The number of anilines is 1. The smallest absolute Gasteiger partial charge is 0.412 e. The van der Waals surface area contributed by atoms with Crippen molar-refractivity contribution in [3.05, 3.63) is 42.5 Å². The summed E-state index contributed by atoms with van der Waals surface area (Å²) in [7, 11) is -6.65. The molecule has 1 amide bonds. The molecule has 1 aromatic carbocycles. The number of halogens is 10. The molecule has 2 N–H and O–H groups in total. The molecule has 0 aliphatic carbocycles. The molecule has 1 atom stereocenters. The Morgan fingerprint density at radius 1 is 0.973 bits per heavy atom. The minimum atomic E-state index is -6.65. The summed E-state index contributed by atoms with van der Waals surface area (Å²) in [5.74, 6) is -14.5. The van der Waals surface area contributed by atoms with E-state index < -0.39 is 82.0 Å². The molecule has 1 rings (SSSR count). The van der Waals surface area contributed by atoms with E-state index in [-0.39, 0.29) is 6.08 Å². The van der Waals surface area contributed by atoms with Crippen molar-refractivity contribution in [1.29, 1.82) is 0 Å². The first-order chi connectivity index (χ1) is 16.5. The lowest BCUT2D eigenvalue weighted by Crippen LogP contribution is -2.59. The zero-order valence-electron chi connectivity index (χ0n) is 17.8. The summed E-state index contributed by atoms with van der Waals surface area (Å²) in [5, 5.41) is -4.59. The monoisotopic (exact) mass is 579 g/mol. The summed E-state index contributed by atoms with van der Waals surface area (Å²) in [6.07, 6.45) is -14.5. The van der Waals surface area contributed by atoms with E-state index >= 15 is 0 Å². The molecule has 0 saturated carbocycles. The average Bonchev–Trinajstić information content (AvgIpc) is 2.73. The molecule has 0 aliphatic rings. The molecule has 1 unspecified atom stereocenters. The lowest BCUT2D eigenvalue weighted by molar-refractivity contribution is -0.345. The van der Waals surface area contributed by atoms with E-state index in [1.807, 2.05) is 0 Å². The van der Waals surface area contributed by atoms with Crippen molar-refractivity contribution < 1.29 is 75.9 Å². The predicted octanol–water partition coefficient (Wildman–Crippen LogP) is 4.54. The second-order valence-electron chi connectivity index (χ2n) is 6.92. The molecule has 8 nitrogen and oxygen atoms in total. The van der Waals surface area contributed by atoms with Crippen LogP contribution in [0.2, 0.25) is 0 Å². The third-order valence-electron chi connectivity index (χ3n) is 4.24. The number of ether oxygens (including phenoxy) is 2. The summed E-state index contributed by atoms with van der Waals surface area (Å²) in [6, 6.07) is 1.74. The van der Waals surface area contributed by atoms with Crippen LogP contribution in [0.1, 0.15) is 18.4 Å². The fraction of sp³-hybridized carbons (Fsp3) is 0.444. The SMILES string of the molecule is C=CC(=O)OC(OCCCC(F)(F)C(F)(F)S(=O)(=O)O)(C(=O)Nc1ccc(C(F)(F)F)cc1)C(F)(F)F. The Kier molecular flexibility index (Phi) is 9.39. The average molecular weight is 579 g/mol. The first kappa shape index (κ1) is 32.1. The van der Waals surface area contributed by atoms with Crippen molar-refractivity contribution in [3.63, 3.8) is 0 Å². The molecule has 19 heteroatoms. The van der Waals surface area contributed by atoms with Crippen molar-refractivity contribution in [3.8, 4) is 0 Å². The van der Waals surface area contributed by atoms with Crippen LogP contribution in [0, 0.1) is 0 Å². The third-order valence-corrected chi connectivity index (χ3v) is 5.19. The lowest BCUT2D eigenvalue weighted by atomic mass is 10.1. The van der Waals surface area contributed by atoms with Crippen molar-refractivity contribution in [2.75, 3.05) is 11.9 Å². The van der Waals surface area contributed by atoms with Gasteiger partial charge >= 0.3 is 51.3 Å². The molecule has 0 spiro atoms. The van der Waals surface area contributed by atoms with Gasteiger partial charge in [0.25, 0.3) is 0 Å². The molecule has 37 heavy (non-hydrogen) atoms. The van der Waals surface area contributed by atoms with Crippen LogP contribution in [0.3, 0.4) is 0 Å². The Balaban J connectivity index is 3.23. The maximum absolute atomic E-state index is 13.8. The highest BCUT2D eigenvalue weighted by Gasteiger charge is 2.67. The molecular formula is C18H15F10NO7S. The molecule has 0 saturated heterocycles. The normalized spacial score (nSPS) is 15.0. The molecule has 0 aromatic heterocycles. The van der Waals surface area contributed by atoms with Gasteiger partial charge in [-0.3, -0.25) is 9.35 Å². The number of esters is 1. The number of rotatable bonds is 11. The van der Waals surface area contributed by atoms with Gasteiger partial charge in [0.15, 0.2) is 0 Å². The van der Waals surface area contributed by atoms with Crippen LogP contribution >= 0.6 is 0 Å². The number of hydrogen-bond acceptors (Lipinski definition) is 6. The maximum atomic E-state index is 13.8. The fourth-order valence-corrected chi connectivity index (χ4v) is 2.87. The highest BCUT2D eigenvalue weighted by atomic mass is 32.2. The van der Waals surface area contributed by atoms with Crippen molar-refractivity contribution >= 4 is 27.7 Å². The maximum Gasteiger partial charge on any atom is 0.466 e. The van der Waals surface area contributed by atoms with Crippen LogP contribution in [-0.4, -0.2) is 54.6 Å². The van der Waals surface area contributed by atoms with Crippen LogP contribution in [0.4, 0.5) is 49.6 Å². The number of carbonyl (C=O) groups excluding carboxylic acids is 2. The van der Waals surface area contributed by atoms with Crippen LogP contribution in [0.15, 0.2) is 36.9 Å². The van der Waals surface area contributed by atoms with Crippen molar-refractivity contribution in [2.24, 2.45) is 0 Å². The van der Waals surface area contributed by atoms with E-state index in [1.54, 1.807) is 0 Å². The molecule has 210 valence electrons. The molecule has 0 bridgehead atoms. The number of amides is 1. The second kappa shape index (κ2) is 10.8. The summed E-state index contributed by atoms with van der Waals surface area (Å²) < 4.78 is 170. The number of hydrogen-bond donors (Lipinski definition) is 2. The van der Waals surface area contributed by atoms with E-state index in [0.717, 1.165) is 0 Å².